The molecule has 2 aromatic rings. The van der Waals surface area contributed by atoms with Crippen LogP contribution in [0.2, 0.25) is 0 Å². The lowest BCUT2D eigenvalue weighted by atomic mass is 10.0. The van der Waals surface area contributed by atoms with Crippen molar-refractivity contribution in [2.45, 2.75) is 39.8 Å². The Kier molecular flexibility index (Phi) is 3.66. The van der Waals surface area contributed by atoms with Crippen LogP contribution < -0.4 is 5.73 Å². The van der Waals surface area contributed by atoms with Gasteiger partial charge in [0, 0.05) is 19.0 Å². The van der Waals surface area contributed by atoms with E-state index in [0.717, 1.165) is 29.8 Å². The number of fused-ring (bicyclic) bond motifs is 1. The second-order valence-corrected chi connectivity index (χ2v) is 5.02. The van der Waals surface area contributed by atoms with Gasteiger partial charge in [0.15, 0.2) is 0 Å². The maximum atomic E-state index is 13.3. The van der Waals surface area contributed by atoms with E-state index in [1.54, 1.807) is 6.07 Å². The number of halogens is 1. The number of aryl methyl sites for hydroxylation is 1. The lowest BCUT2D eigenvalue weighted by Gasteiger charge is -2.15. The average Bonchev–Trinajstić information content (AvgIpc) is 2.65. The highest BCUT2D eigenvalue weighted by atomic mass is 19.1. The summed E-state index contributed by atoms with van der Waals surface area (Å²) in [6.07, 6.45) is 0.724. The smallest absolute Gasteiger partial charge is 0.125 e. The normalized spacial score (nSPS) is 13.4. The lowest BCUT2D eigenvalue weighted by molar-refractivity contribution is 0.474. The molecule has 4 heteroatoms. The number of hydrogen-bond donors (Lipinski definition) is 1. The molecule has 18 heavy (non-hydrogen) atoms. The number of imidazole rings is 1. The summed E-state index contributed by atoms with van der Waals surface area (Å²) in [5.41, 5.74) is 7.78. The number of rotatable bonds is 4. The van der Waals surface area contributed by atoms with Crippen LogP contribution in [0.15, 0.2) is 18.2 Å². The van der Waals surface area contributed by atoms with E-state index < -0.39 is 0 Å². The van der Waals surface area contributed by atoms with E-state index in [1.165, 1.54) is 12.1 Å². The Morgan fingerprint density at radius 2 is 2.11 bits per heavy atom. The number of hydrogen-bond acceptors (Lipinski definition) is 2. The van der Waals surface area contributed by atoms with E-state index in [9.17, 15) is 4.39 Å². The molecule has 0 saturated carbocycles. The molecular weight excluding hydrogens is 229 g/mol. The van der Waals surface area contributed by atoms with E-state index in [4.69, 9.17) is 5.73 Å². The largest absolute Gasteiger partial charge is 0.328 e. The first-order valence-corrected chi connectivity index (χ1v) is 6.43. The molecule has 0 aliphatic heterocycles. The van der Waals surface area contributed by atoms with Crippen LogP contribution in [0.25, 0.3) is 11.0 Å². The molecule has 3 nitrogen and oxygen atoms in total. The van der Waals surface area contributed by atoms with Gasteiger partial charge in [0.25, 0.3) is 0 Å². The molecule has 0 aliphatic carbocycles. The topological polar surface area (TPSA) is 43.8 Å². The number of nitrogens with zero attached hydrogens (tertiary/aromatic N) is 2. The van der Waals surface area contributed by atoms with Crippen LogP contribution in [-0.2, 0) is 13.0 Å². The second-order valence-electron chi connectivity index (χ2n) is 5.02. The summed E-state index contributed by atoms with van der Waals surface area (Å²) in [5.74, 6) is 1.13. The van der Waals surface area contributed by atoms with Crippen molar-refractivity contribution in [3.63, 3.8) is 0 Å². The molecule has 0 spiro atoms. The Morgan fingerprint density at radius 3 is 2.72 bits per heavy atom. The second kappa shape index (κ2) is 5.06. The third-order valence-corrected chi connectivity index (χ3v) is 3.38. The van der Waals surface area contributed by atoms with Crippen molar-refractivity contribution in [2.75, 3.05) is 0 Å². The van der Waals surface area contributed by atoms with Gasteiger partial charge < -0.3 is 10.3 Å². The van der Waals surface area contributed by atoms with Gasteiger partial charge in [-0.3, -0.25) is 0 Å². The standard InChI is InChI=1S/C14H20FN3/c1-4-18-13-7-10(15)5-6-12(13)17-14(18)8-11(16)9(2)3/h5-7,9,11H,4,8,16H2,1-3H3. The summed E-state index contributed by atoms with van der Waals surface area (Å²) in [6, 6.07) is 4.79. The first-order chi connectivity index (χ1) is 8.52. The molecule has 0 radical (unpaired) electrons. The fraction of sp³-hybridized carbons (Fsp3) is 0.500. The Balaban J connectivity index is 2.44. The molecule has 0 amide bonds. The van der Waals surface area contributed by atoms with Crippen LogP contribution >= 0.6 is 0 Å². The van der Waals surface area contributed by atoms with Gasteiger partial charge in [-0.15, -0.1) is 0 Å². The summed E-state index contributed by atoms with van der Waals surface area (Å²) >= 11 is 0. The van der Waals surface area contributed by atoms with Crippen molar-refractivity contribution >= 4 is 11.0 Å². The summed E-state index contributed by atoms with van der Waals surface area (Å²) in [7, 11) is 0. The van der Waals surface area contributed by atoms with Gasteiger partial charge >= 0.3 is 0 Å². The quantitative estimate of drug-likeness (QED) is 0.905. The predicted molar refractivity (Wildman–Crippen MR) is 71.9 cm³/mol. The molecule has 1 unspecified atom stereocenters. The van der Waals surface area contributed by atoms with Crippen molar-refractivity contribution in [1.29, 1.82) is 0 Å². The maximum Gasteiger partial charge on any atom is 0.125 e. The van der Waals surface area contributed by atoms with E-state index in [0.29, 0.717) is 5.92 Å². The molecule has 0 fully saturated rings. The van der Waals surface area contributed by atoms with Gasteiger partial charge in [0.1, 0.15) is 11.6 Å². The fourth-order valence-electron chi connectivity index (χ4n) is 2.10. The number of nitrogens with two attached hydrogens (primary N) is 1. The van der Waals surface area contributed by atoms with Gasteiger partial charge in [-0.05, 0) is 31.0 Å². The zero-order chi connectivity index (χ0) is 13.3. The van der Waals surface area contributed by atoms with E-state index in [-0.39, 0.29) is 11.9 Å². The minimum atomic E-state index is -0.225. The van der Waals surface area contributed by atoms with Crippen LogP contribution in [-0.4, -0.2) is 15.6 Å². The molecule has 2 N–H and O–H groups in total. The molecule has 1 atom stereocenters. The first-order valence-electron chi connectivity index (χ1n) is 6.43. The summed E-state index contributed by atoms with van der Waals surface area (Å²) in [4.78, 5) is 4.56. The predicted octanol–water partition coefficient (Wildman–Crippen LogP) is 2.72. The molecule has 1 heterocycles. The van der Waals surface area contributed by atoms with Crippen LogP contribution in [0.5, 0.6) is 0 Å². The molecule has 98 valence electrons. The monoisotopic (exact) mass is 249 g/mol. The van der Waals surface area contributed by atoms with Crippen molar-refractivity contribution in [2.24, 2.45) is 11.7 Å². The van der Waals surface area contributed by atoms with Crippen molar-refractivity contribution in [3.8, 4) is 0 Å². The summed E-state index contributed by atoms with van der Waals surface area (Å²) < 4.78 is 15.3. The van der Waals surface area contributed by atoms with Gasteiger partial charge in [-0.25, -0.2) is 9.37 Å². The minimum absolute atomic E-state index is 0.0805. The van der Waals surface area contributed by atoms with Crippen molar-refractivity contribution in [1.82, 2.24) is 9.55 Å². The zero-order valence-corrected chi connectivity index (χ0v) is 11.2. The van der Waals surface area contributed by atoms with Crippen molar-refractivity contribution < 1.29 is 4.39 Å². The van der Waals surface area contributed by atoms with Crippen LogP contribution in [0, 0.1) is 11.7 Å². The maximum absolute atomic E-state index is 13.3. The highest BCUT2D eigenvalue weighted by molar-refractivity contribution is 5.76. The Hall–Kier alpha value is -1.42. The van der Waals surface area contributed by atoms with E-state index >= 15 is 0 Å². The van der Waals surface area contributed by atoms with Gasteiger partial charge in [0.2, 0.25) is 0 Å². The molecule has 0 saturated heterocycles. The Labute approximate surface area is 107 Å². The van der Waals surface area contributed by atoms with Crippen LogP contribution in [0.1, 0.15) is 26.6 Å². The van der Waals surface area contributed by atoms with Gasteiger partial charge in [-0.1, -0.05) is 13.8 Å². The molecule has 1 aromatic carbocycles. The summed E-state index contributed by atoms with van der Waals surface area (Å²) in [5, 5.41) is 0. The Bertz CT molecular complexity index is 545. The van der Waals surface area contributed by atoms with E-state index in [1.807, 2.05) is 11.5 Å². The molecule has 1 aromatic heterocycles. The number of benzene rings is 1. The fourth-order valence-corrected chi connectivity index (χ4v) is 2.10. The SMILES string of the molecule is CCn1c(CC(N)C(C)C)nc2ccc(F)cc21. The van der Waals surface area contributed by atoms with Gasteiger partial charge in [0.05, 0.1) is 11.0 Å². The highest BCUT2D eigenvalue weighted by Crippen LogP contribution is 2.19. The number of aromatic nitrogens is 2. The molecule has 2 rings (SSSR count). The van der Waals surface area contributed by atoms with Crippen LogP contribution in [0.3, 0.4) is 0 Å². The third kappa shape index (κ3) is 2.38. The molecular formula is C14H20FN3. The average molecular weight is 249 g/mol. The highest BCUT2D eigenvalue weighted by Gasteiger charge is 2.15. The summed E-state index contributed by atoms with van der Waals surface area (Å²) in [6.45, 7) is 7.02. The van der Waals surface area contributed by atoms with Crippen molar-refractivity contribution in [3.05, 3.63) is 29.8 Å². The third-order valence-electron chi connectivity index (χ3n) is 3.38. The zero-order valence-electron chi connectivity index (χ0n) is 11.2. The lowest BCUT2D eigenvalue weighted by Crippen LogP contribution is -2.30. The Morgan fingerprint density at radius 1 is 1.39 bits per heavy atom. The first kappa shape index (κ1) is 13.0. The van der Waals surface area contributed by atoms with E-state index in [2.05, 4.69) is 18.8 Å². The molecule has 0 aliphatic rings. The van der Waals surface area contributed by atoms with Gasteiger partial charge in [-0.2, -0.15) is 0 Å². The van der Waals surface area contributed by atoms with Crippen LogP contribution in [0.4, 0.5) is 4.39 Å². The molecule has 0 bridgehead atoms. The minimum Gasteiger partial charge on any atom is -0.328 e.